The van der Waals surface area contributed by atoms with E-state index in [2.05, 4.69) is 13.0 Å². The van der Waals surface area contributed by atoms with Crippen LogP contribution in [-0.2, 0) is 4.79 Å². The van der Waals surface area contributed by atoms with Crippen LogP contribution in [0.1, 0.15) is 69.8 Å². The van der Waals surface area contributed by atoms with Gasteiger partial charge in [-0.1, -0.05) is 18.6 Å². The van der Waals surface area contributed by atoms with Crippen molar-refractivity contribution in [2.75, 3.05) is 0 Å². The number of carbonyl (C=O) groups is 1. The minimum Gasteiger partial charge on any atom is -0.431 e. The van der Waals surface area contributed by atoms with Crippen molar-refractivity contribution in [1.29, 1.82) is 0 Å². The predicted octanol–water partition coefficient (Wildman–Crippen LogP) is 3.34. The second-order valence-corrected chi connectivity index (χ2v) is 10.1. The maximum Gasteiger partial charge on any atom is 0.335 e. The quantitative estimate of drug-likeness (QED) is 0.589. The zero-order valence-corrected chi connectivity index (χ0v) is 17.0. The Hall–Kier alpha value is -1.72. The molecule has 1 aromatic rings. The Morgan fingerprint density at radius 3 is 2.72 bits per heavy atom. The predicted molar refractivity (Wildman–Crippen MR) is 107 cm³/mol. The maximum absolute atomic E-state index is 12.5. The highest BCUT2D eigenvalue weighted by Crippen LogP contribution is 2.67. The minimum absolute atomic E-state index is 0.00516. The zero-order valence-electron chi connectivity index (χ0n) is 17.0. The van der Waals surface area contributed by atoms with Gasteiger partial charge in [-0.2, -0.15) is 0 Å². The highest BCUT2D eigenvalue weighted by Gasteiger charge is 2.65. The molecule has 0 bridgehead atoms. The summed E-state index contributed by atoms with van der Waals surface area (Å²) in [4.78, 5) is 23.9. The van der Waals surface area contributed by atoms with E-state index in [1.807, 2.05) is 6.07 Å². The van der Waals surface area contributed by atoms with E-state index >= 15 is 0 Å². The first-order chi connectivity index (χ1) is 13.8. The summed E-state index contributed by atoms with van der Waals surface area (Å²) >= 11 is 0. The molecule has 29 heavy (non-hydrogen) atoms. The Morgan fingerprint density at radius 2 is 2.00 bits per heavy atom. The van der Waals surface area contributed by atoms with Crippen molar-refractivity contribution in [3.63, 3.8) is 0 Å². The Morgan fingerprint density at radius 1 is 1.17 bits per heavy atom. The standard InChI is InChI=1S/C24H30O5/c1-22-9-8-20-17(7-11-24(28)12-16(26)6-10-23(20,24)14-25)19(22)4-3-18(22)15-2-5-21(27)29-13-15/h2,4-5,13-14,16-18,20,26,28H,3,6-12H2,1H3/t16-,17-,18-,20-,22+,23-,24+/m0/s1. The number of aliphatic hydroxyl groups is 2. The molecule has 1 aromatic heterocycles. The van der Waals surface area contributed by atoms with Crippen LogP contribution in [0.15, 0.2) is 39.3 Å². The lowest BCUT2D eigenvalue weighted by Crippen LogP contribution is -2.64. The Balaban J connectivity index is 1.49. The second kappa shape index (κ2) is 6.39. The number of allylic oxidation sites excluding steroid dienone is 2. The molecule has 0 saturated heterocycles. The van der Waals surface area contributed by atoms with Crippen molar-refractivity contribution in [2.24, 2.45) is 22.7 Å². The molecule has 2 N–H and O–H groups in total. The van der Waals surface area contributed by atoms with Crippen molar-refractivity contribution < 1.29 is 19.4 Å². The molecule has 5 nitrogen and oxygen atoms in total. The molecule has 0 radical (unpaired) electrons. The molecule has 0 amide bonds. The fraction of sp³-hybridized carbons (Fsp3) is 0.667. The van der Waals surface area contributed by atoms with Gasteiger partial charge in [0.05, 0.1) is 23.4 Å². The summed E-state index contributed by atoms with van der Waals surface area (Å²) in [5.41, 5.74) is 0.342. The molecule has 0 unspecified atom stereocenters. The molecule has 3 fully saturated rings. The summed E-state index contributed by atoms with van der Waals surface area (Å²) in [6.07, 6.45) is 10.2. The normalized spacial score (nSPS) is 46.2. The third-order valence-electron chi connectivity index (χ3n) is 9.06. The van der Waals surface area contributed by atoms with Gasteiger partial charge in [0.25, 0.3) is 0 Å². The molecule has 0 aliphatic heterocycles. The lowest BCUT2D eigenvalue weighted by molar-refractivity contribution is -0.200. The fourth-order valence-corrected chi connectivity index (χ4v) is 7.59. The van der Waals surface area contributed by atoms with E-state index < -0.39 is 17.1 Å². The first-order valence-electron chi connectivity index (χ1n) is 11.0. The number of aliphatic hydroxyl groups excluding tert-OH is 1. The lowest BCUT2D eigenvalue weighted by Gasteiger charge is -2.61. The Labute approximate surface area is 170 Å². The first-order valence-corrected chi connectivity index (χ1v) is 11.0. The number of hydrogen-bond donors (Lipinski definition) is 2. The van der Waals surface area contributed by atoms with E-state index in [4.69, 9.17) is 4.42 Å². The second-order valence-electron chi connectivity index (χ2n) is 10.1. The van der Waals surface area contributed by atoms with Gasteiger partial charge in [-0.3, -0.25) is 0 Å². The van der Waals surface area contributed by atoms with E-state index in [9.17, 15) is 19.8 Å². The molecule has 5 rings (SSSR count). The largest absolute Gasteiger partial charge is 0.431 e. The lowest BCUT2D eigenvalue weighted by atomic mass is 9.44. The summed E-state index contributed by atoms with van der Waals surface area (Å²) in [6.45, 7) is 2.32. The van der Waals surface area contributed by atoms with Crippen LogP contribution >= 0.6 is 0 Å². The highest BCUT2D eigenvalue weighted by molar-refractivity contribution is 5.64. The average Bonchev–Trinajstić information content (AvgIpc) is 3.05. The Bertz CT molecular complexity index is 898. The van der Waals surface area contributed by atoms with Crippen molar-refractivity contribution >= 4 is 6.29 Å². The number of hydrogen-bond acceptors (Lipinski definition) is 5. The van der Waals surface area contributed by atoms with Gasteiger partial charge in [0.2, 0.25) is 0 Å². The molecule has 5 heteroatoms. The van der Waals surface area contributed by atoms with Crippen LogP contribution < -0.4 is 5.63 Å². The first kappa shape index (κ1) is 19.3. The molecule has 3 saturated carbocycles. The zero-order chi connectivity index (χ0) is 20.4. The summed E-state index contributed by atoms with van der Waals surface area (Å²) in [5, 5.41) is 21.6. The molecule has 7 atom stereocenters. The monoisotopic (exact) mass is 398 g/mol. The summed E-state index contributed by atoms with van der Waals surface area (Å²) in [5.74, 6) is 0.720. The smallest absolute Gasteiger partial charge is 0.335 e. The Kier molecular flexibility index (Phi) is 4.24. The van der Waals surface area contributed by atoms with Gasteiger partial charge in [0.1, 0.15) is 6.29 Å². The van der Waals surface area contributed by atoms with Gasteiger partial charge in [-0.05, 0) is 79.7 Å². The van der Waals surface area contributed by atoms with E-state index in [0.29, 0.717) is 31.6 Å². The van der Waals surface area contributed by atoms with Gasteiger partial charge in [0, 0.05) is 12.5 Å². The van der Waals surface area contributed by atoms with Gasteiger partial charge in [0.15, 0.2) is 0 Å². The van der Waals surface area contributed by atoms with Crippen LogP contribution in [0.3, 0.4) is 0 Å². The van der Waals surface area contributed by atoms with Gasteiger partial charge >= 0.3 is 5.63 Å². The van der Waals surface area contributed by atoms with E-state index in [1.165, 1.54) is 11.6 Å². The van der Waals surface area contributed by atoms with Crippen LogP contribution in [0, 0.1) is 22.7 Å². The van der Waals surface area contributed by atoms with Crippen molar-refractivity contribution in [3.05, 3.63) is 46.0 Å². The summed E-state index contributed by atoms with van der Waals surface area (Å²) in [6, 6.07) is 3.39. The molecule has 0 aromatic carbocycles. The number of fused-ring (bicyclic) bond motifs is 5. The van der Waals surface area contributed by atoms with Gasteiger partial charge < -0.3 is 19.4 Å². The van der Waals surface area contributed by atoms with Crippen LogP contribution in [0.25, 0.3) is 0 Å². The highest BCUT2D eigenvalue weighted by atomic mass is 16.4. The molecule has 0 spiro atoms. The van der Waals surface area contributed by atoms with E-state index in [1.54, 1.807) is 6.26 Å². The van der Waals surface area contributed by atoms with Crippen molar-refractivity contribution in [2.45, 2.75) is 75.9 Å². The molecular weight excluding hydrogens is 368 g/mol. The molecule has 1 heterocycles. The fourth-order valence-electron chi connectivity index (χ4n) is 7.59. The van der Waals surface area contributed by atoms with Crippen LogP contribution in [-0.4, -0.2) is 28.2 Å². The minimum atomic E-state index is -1.08. The molecule has 156 valence electrons. The average molecular weight is 398 g/mol. The van der Waals surface area contributed by atoms with Gasteiger partial charge in [-0.25, -0.2) is 4.79 Å². The summed E-state index contributed by atoms with van der Waals surface area (Å²) < 4.78 is 5.15. The number of carbonyl (C=O) groups excluding carboxylic acids is 1. The third kappa shape index (κ3) is 2.53. The summed E-state index contributed by atoms with van der Waals surface area (Å²) in [7, 11) is 0. The third-order valence-corrected chi connectivity index (χ3v) is 9.06. The van der Waals surface area contributed by atoms with Crippen molar-refractivity contribution in [1.82, 2.24) is 0 Å². The number of aldehydes is 1. The van der Waals surface area contributed by atoms with Crippen LogP contribution in [0.4, 0.5) is 0 Å². The van der Waals surface area contributed by atoms with Crippen LogP contribution in [0.5, 0.6) is 0 Å². The van der Waals surface area contributed by atoms with E-state index in [0.717, 1.165) is 37.5 Å². The van der Waals surface area contributed by atoms with Gasteiger partial charge in [-0.15, -0.1) is 0 Å². The SMILES string of the molecule is C[C@]12CC[C@H]3[C@@H](CC[C@@]4(O)C[C@@H](O)CC[C@]34C=O)C1=CC[C@H]2c1ccc(=O)oc1. The molecule has 4 aliphatic rings. The van der Waals surface area contributed by atoms with Crippen LogP contribution in [0.2, 0.25) is 0 Å². The van der Waals surface area contributed by atoms with Crippen molar-refractivity contribution in [3.8, 4) is 0 Å². The van der Waals surface area contributed by atoms with E-state index in [-0.39, 0.29) is 22.9 Å². The molecular formula is C24H30O5. The maximum atomic E-state index is 12.5. The number of rotatable bonds is 2. The topological polar surface area (TPSA) is 87.7 Å². The molecule has 4 aliphatic carbocycles.